The van der Waals surface area contributed by atoms with Crippen LogP contribution >= 0.6 is 0 Å². The van der Waals surface area contributed by atoms with Gasteiger partial charge in [-0.05, 0) is 23.3 Å². The van der Waals surface area contributed by atoms with E-state index in [1.165, 1.54) is 13.5 Å². The maximum atomic E-state index is 11.0. The van der Waals surface area contributed by atoms with Crippen LogP contribution in [0.1, 0.15) is 21.5 Å². The van der Waals surface area contributed by atoms with Crippen LogP contribution in [0.2, 0.25) is 0 Å². The molecule has 0 amide bonds. The lowest BCUT2D eigenvalue weighted by molar-refractivity contribution is 0.112. The molecule has 5 nitrogen and oxygen atoms in total. The number of carbonyl (C=O) groups excluding carboxylic acids is 1. The first-order valence-electron chi connectivity index (χ1n) is 7.24. The van der Waals surface area contributed by atoms with Gasteiger partial charge in [0.05, 0.1) is 12.7 Å². The van der Waals surface area contributed by atoms with Gasteiger partial charge in [-0.25, -0.2) is 4.98 Å². The van der Waals surface area contributed by atoms with Crippen molar-refractivity contribution in [1.82, 2.24) is 4.98 Å². The monoisotopic (exact) mass is 321 g/mol. The molecule has 0 saturated carbocycles. The van der Waals surface area contributed by atoms with Crippen LogP contribution in [-0.4, -0.2) is 23.5 Å². The topological polar surface area (TPSA) is 72.6 Å². The zero-order chi connectivity index (χ0) is 16.9. The number of benzene rings is 2. The first kappa shape index (κ1) is 15.6. The van der Waals surface area contributed by atoms with Gasteiger partial charge in [0.2, 0.25) is 0 Å². The number of aromatic nitrogens is 1. The summed E-state index contributed by atoms with van der Waals surface area (Å²) < 4.78 is 10.1. The zero-order valence-electron chi connectivity index (χ0n) is 13.0. The number of carbonyl (C=O) groups is 1. The highest BCUT2D eigenvalue weighted by Gasteiger charge is 2.08. The van der Waals surface area contributed by atoms with Gasteiger partial charge in [-0.15, -0.1) is 0 Å². The summed E-state index contributed by atoms with van der Waals surface area (Å²) >= 11 is 0. The minimum Gasteiger partial charge on any atom is -0.504 e. The van der Waals surface area contributed by atoms with Gasteiger partial charge >= 0.3 is 0 Å². The number of phenolic OH excluding ortho intramolecular Hbond substituents is 1. The summed E-state index contributed by atoms with van der Waals surface area (Å²) in [6, 6.07) is 11.1. The maximum Gasteiger partial charge on any atom is 0.181 e. The van der Waals surface area contributed by atoms with E-state index in [0.29, 0.717) is 6.29 Å². The van der Waals surface area contributed by atoms with Crippen LogP contribution in [0.3, 0.4) is 0 Å². The second-order valence-electron chi connectivity index (χ2n) is 5.11. The summed E-state index contributed by atoms with van der Waals surface area (Å²) in [5.41, 5.74) is 3.68. The Morgan fingerprint density at radius 3 is 2.50 bits per heavy atom. The van der Waals surface area contributed by atoms with Crippen molar-refractivity contribution >= 4 is 18.4 Å². The van der Waals surface area contributed by atoms with Crippen LogP contribution in [0.4, 0.5) is 0 Å². The molecule has 0 atom stereocenters. The van der Waals surface area contributed by atoms with Crippen LogP contribution in [0, 0.1) is 0 Å². The Morgan fingerprint density at radius 2 is 1.88 bits per heavy atom. The zero-order valence-corrected chi connectivity index (χ0v) is 13.0. The molecular formula is C19H15NO4. The highest BCUT2D eigenvalue weighted by molar-refractivity contribution is 5.84. The number of aldehydes is 1. The molecule has 24 heavy (non-hydrogen) atoms. The average Bonchev–Trinajstić information content (AvgIpc) is 3.16. The van der Waals surface area contributed by atoms with E-state index < -0.39 is 0 Å². The second kappa shape index (κ2) is 6.83. The van der Waals surface area contributed by atoms with Crippen LogP contribution in [0.15, 0.2) is 53.5 Å². The molecule has 0 fully saturated rings. The molecule has 120 valence electrons. The smallest absolute Gasteiger partial charge is 0.181 e. The molecule has 0 spiro atoms. The quantitative estimate of drug-likeness (QED) is 0.567. The predicted molar refractivity (Wildman–Crippen MR) is 90.9 cm³/mol. The van der Waals surface area contributed by atoms with E-state index in [1.807, 2.05) is 36.4 Å². The van der Waals surface area contributed by atoms with Crippen molar-refractivity contribution in [2.24, 2.45) is 0 Å². The highest BCUT2D eigenvalue weighted by Crippen LogP contribution is 2.31. The summed E-state index contributed by atoms with van der Waals surface area (Å²) in [6.07, 6.45) is 7.34. The van der Waals surface area contributed by atoms with Crippen LogP contribution < -0.4 is 4.74 Å². The van der Waals surface area contributed by atoms with Gasteiger partial charge in [0.1, 0.15) is 12.0 Å². The number of hydrogen-bond acceptors (Lipinski definition) is 5. The summed E-state index contributed by atoms with van der Waals surface area (Å²) in [4.78, 5) is 15.1. The maximum absolute atomic E-state index is 11.0. The molecule has 0 bridgehead atoms. The van der Waals surface area contributed by atoms with E-state index >= 15 is 0 Å². The van der Waals surface area contributed by atoms with Crippen LogP contribution in [-0.2, 0) is 0 Å². The van der Waals surface area contributed by atoms with Crippen molar-refractivity contribution in [2.75, 3.05) is 7.11 Å². The summed E-state index contributed by atoms with van der Waals surface area (Å²) in [7, 11) is 1.44. The number of hydrogen-bond donors (Lipinski definition) is 1. The van der Waals surface area contributed by atoms with Gasteiger partial charge in [-0.1, -0.05) is 36.4 Å². The predicted octanol–water partition coefficient (Wildman–Crippen LogP) is 4.04. The van der Waals surface area contributed by atoms with Gasteiger partial charge < -0.3 is 14.3 Å². The second-order valence-corrected chi connectivity index (χ2v) is 5.11. The minimum absolute atomic E-state index is 0.151. The lowest BCUT2D eigenvalue weighted by atomic mass is 10.1. The fraction of sp³-hybridized carbons (Fsp3) is 0.0526. The van der Waals surface area contributed by atoms with Crippen molar-refractivity contribution in [3.05, 3.63) is 65.7 Å². The van der Waals surface area contributed by atoms with Gasteiger partial charge in [0.15, 0.2) is 24.2 Å². The Hall–Kier alpha value is -3.34. The third-order valence-corrected chi connectivity index (χ3v) is 3.58. The number of nitrogens with zero attached hydrogens (tertiary/aromatic N) is 1. The molecule has 0 radical (unpaired) electrons. The Bertz CT molecular complexity index is 865. The SMILES string of the molecule is COc1cc(/C=C/c2ccc(-c3cocn3)cc2)cc(C=O)c1O. The lowest BCUT2D eigenvalue weighted by Crippen LogP contribution is -1.90. The normalized spacial score (nSPS) is 10.9. The molecule has 5 heteroatoms. The molecule has 0 unspecified atom stereocenters. The number of rotatable bonds is 5. The van der Waals surface area contributed by atoms with Gasteiger partial charge in [0, 0.05) is 5.56 Å². The van der Waals surface area contributed by atoms with Crippen molar-refractivity contribution in [2.45, 2.75) is 0 Å². The molecule has 0 aliphatic rings. The summed E-state index contributed by atoms with van der Waals surface area (Å²) in [5, 5.41) is 9.83. The van der Waals surface area contributed by atoms with E-state index in [1.54, 1.807) is 18.4 Å². The minimum atomic E-state index is -0.151. The fourth-order valence-electron chi connectivity index (χ4n) is 2.31. The van der Waals surface area contributed by atoms with E-state index in [0.717, 1.165) is 22.4 Å². The van der Waals surface area contributed by atoms with Gasteiger partial charge in [0.25, 0.3) is 0 Å². The number of methoxy groups -OCH3 is 1. The average molecular weight is 321 g/mol. The number of aromatic hydroxyl groups is 1. The molecule has 2 aromatic carbocycles. The third-order valence-electron chi connectivity index (χ3n) is 3.58. The van der Waals surface area contributed by atoms with Crippen LogP contribution in [0.5, 0.6) is 11.5 Å². The number of ether oxygens (including phenoxy) is 1. The molecule has 0 aliphatic carbocycles. The third kappa shape index (κ3) is 3.20. The molecule has 0 saturated heterocycles. The first-order valence-corrected chi connectivity index (χ1v) is 7.24. The van der Waals surface area contributed by atoms with Crippen LogP contribution in [0.25, 0.3) is 23.4 Å². The van der Waals surface area contributed by atoms with E-state index in [4.69, 9.17) is 9.15 Å². The van der Waals surface area contributed by atoms with Crippen molar-refractivity contribution in [3.63, 3.8) is 0 Å². The number of phenols is 1. The lowest BCUT2D eigenvalue weighted by Gasteiger charge is -2.06. The Balaban J connectivity index is 1.84. The standard InChI is InChI=1S/C19H15NO4/c1-23-18-9-14(8-16(10-21)19(18)22)3-2-13-4-6-15(7-5-13)17-11-24-12-20-17/h2-12,22H,1H3/b3-2+. The molecule has 0 aliphatic heterocycles. The Kier molecular flexibility index (Phi) is 4.43. The first-order chi connectivity index (χ1) is 11.7. The Morgan fingerprint density at radius 1 is 1.12 bits per heavy atom. The fourth-order valence-corrected chi connectivity index (χ4v) is 2.31. The molecule has 3 rings (SSSR count). The number of oxazole rings is 1. The molecule has 1 heterocycles. The largest absolute Gasteiger partial charge is 0.504 e. The van der Waals surface area contributed by atoms with Crippen molar-refractivity contribution in [3.8, 4) is 22.8 Å². The van der Waals surface area contributed by atoms with E-state index in [-0.39, 0.29) is 17.1 Å². The highest BCUT2D eigenvalue weighted by atomic mass is 16.5. The van der Waals surface area contributed by atoms with E-state index in [2.05, 4.69) is 4.98 Å². The van der Waals surface area contributed by atoms with Crippen molar-refractivity contribution in [1.29, 1.82) is 0 Å². The van der Waals surface area contributed by atoms with E-state index in [9.17, 15) is 9.90 Å². The van der Waals surface area contributed by atoms with Gasteiger partial charge in [-0.3, -0.25) is 4.79 Å². The molecule has 3 aromatic rings. The molecular weight excluding hydrogens is 306 g/mol. The Labute approximate surface area is 138 Å². The van der Waals surface area contributed by atoms with Gasteiger partial charge in [-0.2, -0.15) is 0 Å². The molecule has 1 aromatic heterocycles. The summed E-state index contributed by atoms with van der Waals surface area (Å²) in [6.45, 7) is 0. The molecule has 1 N–H and O–H groups in total. The van der Waals surface area contributed by atoms with Crippen molar-refractivity contribution < 1.29 is 19.1 Å². The summed E-state index contributed by atoms with van der Waals surface area (Å²) in [5.74, 6) is 0.113.